The van der Waals surface area contributed by atoms with Crippen LogP contribution in [0.3, 0.4) is 0 Å². The van der Waals surface area contributed by atoms with Crippen molar-refractivity contribution in [2.75, 3.05) is 6.54 Å². The molecule has 2 amide bonds. The molecule has 0 radical (unpaired) electrons. The maximum atomic E-state index is 14.3. The van der Waals surface area contributed by atoms with Gasteiger partial charge in [-0.25, -0.2) is 4.79 Å². The van der Waals surface area contributed by atoms with Crippen LogP contribution in [0.15, 0.2) is 93.8 Å². The van der Waals surface area contributed by atoms with Gasteiger partial charge in [-0.3, -0.25) is 4.79 Å². The minimum absolute atomic E-state index is 0.158. The molecular formula is C39H39N5O5. The Morgan fingerprint density at radius 2 is 1.69 bits per heavy atom. The van der Waals surface area contributed by atoms with Gasteiger partial charge in [-0.2, -0.15) is 5.26 Å². The fourth-order valence-electron chi connectivity index (χ4n) is 6.24. The van der Waals surface area contributed by atoms with Crippen LogP contribution >= 0.6 is 0 Å². The van der Waals surface area contributed by atoms with Crippen LogP contribution in [0.5, 0.6) is 0 Å². The number of carbonyl (C=O) groups is 2. The fourth-order valence-corrected chi connectivity index (χ4v) is 6.24. The van der Waals surface area contributed by atoms with Gasteiger partial charge in [0.1, 0.15) is 22.7 Å². The van der Waals surface area contributed by atoms with E-state index in [-0.39, 0.29) is 23.7 Å². The van der Waals surface area contributed by atoms with Gasteiger partial charge < -0.3 is 23.8 Å². The van der Waals surface area contributed by atoms with Crippen molar-refractivity contribution in [3.63, 3.8) is 0 Å². The number of hydrogen-bond acceptors (Lipinski definition) is 8. The van der Waals surface area contributed by atoms with Crippen molar-refractivity contribution in [1.29, 1.82) is 5.26 Å². The van der Waals surface area contributed by atoms with Crippen LogP contribution in [0.25, 0.3) is 22.6 Å². The van der Waals surface area contributed by atoms with Crippen molar-refractivity contribution >= 4 is 12.0 Å². The topological polar surface area (TPSA) is 134 Å². The first-order chi connectivity index (χ1) is 23.4. The molecule has 2 aromatic heterocycles. The molecule has 1 fully saturated rings. The first kappa shape index (κ1) is 33.2. The molecule has 2 atom stereocenters. The molecule has 10 heteroatoms. The van der Waals surface area contributed by atoms with E-state index in [1.807, 2.05) is 72.5 Å². The molecule has 6 rings (SSSR count). The second kappa shape index (κ2) is 13.4. The van der Waals surface area contributed by atoms with Crippen LogP contribution in [-0.2, 0) is 16.7 Å². The summed E-state index contributed by atoms with van der Waals surface area (Å²) in [6.07, 6.45) is 1.36. The highest BCUT2D eigenvalue weighted by atomic mass is 16.6. The van der Waals surface area contributed by atoms with Crippen molar-refractivity contribution in [3.8, 4) is 28.7 Å². The van der Waals surface area contributed by atoms with Gasteiger partial charge in [-0.15, -0.1) is 10.2 Å². The third kappa shape index (κ3) is 7.41. The molecule has 1 unspecified atom stereocenters. The lowest BCUT2D eigenvalue weighted by Crippen LogP contribution is -2.47. The second-order valence-corrected chi connectivity index (χ2v) is 13.6. The van der Waals surface area contributed by atoms with Gasteiger partial charge in [0.15, 0.2) is 0 Å². The summed E-state index contributed by atoms with van der Waals surface area (Å²) in [6, 6.07) is 28.2. The molecule has 1 aliphatic heterocycles. The Kier molecular flexibility index (Phi) is 9.11. The zero-order valence-electron chi connectivity index (χ0n) is 28.3. The second-order valence-electron chi connectivity index (χ2n) is 13.6. The van der Waals surface area contributed by atoms with E-state index < -0.39 is 17.2 Å². The summed E-state index contributed by atoms with van der Waals surface area (Å²) >= 11 is 0. The molecule has 10 nitrogen and oxygen atoms in total. The number of hydrogen-bond donors (Lipinski definition) is 1. The molecule has 1 saturated heterocycles. The van der Waals surface area contributed by atoms with Crippen molar-refractivity contribution in [2.45, 2.75) is 71.1 Å². The zero-order valence-corrected chi connectivity index (χ0v) is 28.3. The Morgan fingerprint density at radius 3 is 2.41 bits per heavy atom. The summed E-state index contributed by atoms with van der Waals surface area (Å²) in [6.45, 7) is 9.66. The molecule has 0 aliphatic carbocycles. The average molecular weight is 658 g/mol. The van der Waals surface area contributed by atoms with Crippen molar-refractivity contribution in [2.24, 2.45) is 0 Å². The number of nitriles is 1. The molecule has 1 aliphatic rings. The number of aromatic nitrogens is 2. The first-order valence-electron chi connectivity index (χ1n) is 16.3. The van der Waals surface area contributed by atoms with Crippen molar-refractivity contribution in [1.82, 2.24) is 20.4 Å². The van der Waals surface area contributed by atoms with E-state index in [0.29, 0.717) is 40.8 Å². The van der Waals surface area contributed by atoms with E-state index in [1.54, 1.807) is 52.0 Å². The van der Waals surface area contributed by atoms with E-state index >= 15 is 0 Å². The fraction of sp³-hybridized carbons (Fsp3) is 0.308. The summed E-state index contributed by atoms with van der Waals surface area (Å²) in [7, 11) is 0. The number of nitrogens with zero attached hydrogens (tertiary/aromatic N) is 4. The minimum atomic E-state index is -1.14. The molecule has 0 spiro atoms. The predicted molar refractivity (Wildman–Crippen MR) is 183 cm³/mol. The predicted octanol–water partition coefficient (Wildman–Crippen LogP) is 8.14. The normalized spacial score (nSPS) is 15.8. The molecule has 0 saturated carbocycles. The van der Waals surface area contributed by atoms with Crippen LogP contribution in [0.2, 0.25) is 0 Å². The number of alkyl carbamates (subject to hydrolysis) is 1. The number of nitrogens with one attached hydrogen (secondary N) is 1. The van der Waals surface area contributed by atoms with Crippen LogP contribution in [0, 0.1) is 18.3 Å². The highest BCUT2D eigenvalue weighted by molar-refractivity contribution is 5.97. The zero-order chi connectivity index (χ0) is 34.8. The van der Waals surface area contributed by atoms with E-state index in [9.17, 15) is 14.9 Å². The van der Waals surface area contributed by atoms with Gasteiger partial charge in [0.05, 0.1) is 17.7 Å². The van der Waals surface area contributed by atoms with Gasteiger partial charge in [0.2, 0.25) is 11.8 Å². The third-order valence-corrected chi connectivity index (χ3v) is 8.46. The Bertz CT molecular complexity index is 2020. The maximum Gasteiger partial charge on any atom is 0.408 e. The Morgan fingerprint density at radius 1 is 0.959 bits per heavy atom. The number of amides is 2. The number of rotatable bonds is 8. The number of ether oxygens (including phenoxy) is 1. The Balaban J connectivity index is 1.41. The quantitative estimate of drug-likeness (QED) is 0.177. The molecule has 250 valence electrons. The van der Waals surface area contributed by atoms with Gasteiger partial charge in [0.25, 0.3) is 5.91 Å². The SMILES string of the molecule is Cc1ccc(C2CCCN2C(=O)c2cc(-c3nnc([C@@](C)(Cc4ccccc4)NC(=O)OC(C)(C)C)o3)cc(-c3ccccc3C#N)c2)o1. The van der Waals surface area contributed by atoms with E-state index in [2.05, 4.69) is 21.6 Å². The van der Waals surface area contributed by atoms with E-state index in [1.165, 1.54) is 0 Å². The molecule has 5 aromatic rings. The van der Waals surface area contributed by atoms with Gasteiger partial charge in [-0.1, -0.05) is 48.5 Å². The van der Waals surface area contributed by atoms with Gasteiger partial charge in [-0.05, 0) is 101 Å². The number of aryl methyl sites for hydroxylation is 1. The lowest BCUT2D eigenvalue weighted by molar-refractivity contribution is 0.0443. The molecule has 3 heterocycles. The van der Waals surface area contributed by atoms with Crippen molar-refractivity contribution < 1.29 is 23.2 Å². The van der Waals surface area contributed by atoms with Gasteiger partial charge >= 0.3 is 6.09 Å². The Hall–Kier alpha value is -5.69. The number of benzene rings is 3. The molecule has 0 bridgehead atoms. The van der Waals surface area contributed by atoms with Crippen LogP contribution in [0.4, 0.5) is 4.79 Å². The van der Waals surface area contributed by atoms with Crippen molar-refractivity contribution in [3.05, 3.63) is 119 Å². The molecule has 49 heavy (non-hydrogen) atoms. The highest BCUT2D eigenvalue weighted by Crippen LogP contribution is 2.37. The number of likely N-dealkylation sites (tertiary alicyclic amines) is 1. The monoisotopic (exact) mass is 657 g/mol. The van der Waals surface area contributed by atoms with Crippen LogP contribution in [-0.4, -0.2) is 39.2 Å². The lowest BCUT2D eigenvalue weighted by atomic mass is 9.92. The molecular weight excluding hydrogens is 618 g/mol. The average Bonchev–Trinajstić information content (AvgIpc) is 3.85. The first-order valence-corrected chi connectivity index (χ1v) is 16.3. The molecule has 3 aromatic carbocycles. The smallest absolute Gasteiger partial charge is 0.408 e. The summed E-state index contributed by atoms with van der Waals surface area (Å²) in [5.74, 6) is 1.70. The minimum Gasteiger partial charge on any atom is -0.464 e. The Labute approximate surface area is 285 Å². The summed E-state index contributed by atoms with van der Waals surface area (Å²) < 4.78 is 17.9. The lowest BCUT2D eigenvalue weighted by Gasteiger charge is -2.29. The third-order valence-electron chi connectivity index (χ3n) is 8.46. The summed E-state index contributed by atoms with van der Waals surface area (Å²) in [5, 5.41) is 21.7. The summed E-state index contributed by atoms with van der Waals surface area (Å²) in [5.41, 5.74) is 1.78. The number of furan rings is 1. The van der Waals surface area contributed by atoms with Crippen LogP contribution < -0.4 is 5.32 Å². The van der Waals surface area contributed by atoms with Gasteiger partial charge in [0, 0.05) is 24.1 Å². The highest BCUT2D eigenvalue weighted by Gasteiger charge is 2.37. The number of carbonyl (C=O) groups excluding carboxylic acids is 2. The van der Waals surface area contributed by atoms with E-state index in [0.717, 1.165) is 29.9 Å². The summed E-state index contributed by atoms with van der Waals surface area (Å²) in [4.78, 5) is 29.1. The molecule has 1 N–H and O–H groups in total. The maximum absolute atomic E-state index is 14.3. The van der Waals surface area contributed by atoms with Crippen LogP contribution in [0.1, 0.15) is 85.5 Å². The van der Waals surface area contributed by atoms with E-state index in [4.69, 9.17) is 13.6 Å². The largest absolute Gasteiger partial charge is 0.464 e. The standard InChI is InChI=1S/C39H39N5O5/c1-25-17-18-33(47-25)32-16-11-19-44(32)35(45)30-21-28(31-15-10-9-14-27(31)24-40)20-29(22-30)34-42-43-36(48-34)39(5,23-26-12-7-6-8-13-26)41-37(46)49-38(2,3)4/h6-10,12-15,17-18,20-22,32H,11,16,19,23H2,1-5H3,(H,41,46)/t32?,39-/m1/s1.